The van der Waals surface area contributed by atoms with Crippen LogP contribution in [0, 0.1) is 29.6 Å². The van der Waals surface area contributed by atoms with Gasteiger partial charge in [-0.15, -0.1) is 0 Å². The fourth-order valence-corrected chi connectivity index (χ4v) is 9.54. The first-order valence-corrected chi connectivity index (χ1v) is 9.31. The van der Waals surface area contributed by atoms with Gasteiger partial charge in [-0.05, 0) is 0 Å². The van der Waals surface area contributed by atoms with Crippen molar-refractivity contribution in [3.05, 3.63) is 0 Å². The van der Waals surface area contributed by atoms with Crippen molar-refractivity contribution in [2.75, 3.05) is 0 Å². The van der Waals surface area contributed by atoms with Gasteiger partial charge in [-0.1, -0.05) is 0 Å². The molecule has 2 saturated carbocycles. The van der Waals surface area contributed by atoms with E-state index in [1.807, 2.05) is 0 Å². The second-order valence-electron chi connectivity index (χ2n) is 6.71. The van der Waals surface area contributed by atoms with Crippen LogP contribution < -0.4 is 0 Å². The Hall–Kier alpha value is 0.519. The van der Waals surface area contributed by atoms with Gasteiger partial charge >= 0.3 is 107 Å². The Morgan fingerprint density at radius 3 is 2.31 bits per heavy atom. The fraction of sp³-hybridized carbons (Fsp3) is 1.00. The number of hydrogen-bond acceptors (Lipinski definition) is 0. The van der Waals surface area contributed by atoms with Gasteiger partial charge in [0, 0.05) is 0 Å². The summed E-state index contributed by atoms with van der Waals surface area (Å²) >= 11 is 0.975. The van der Waals surface area contributed by atoms with E-state index in [9.17, 15) is 0 Å². The molecular weight excluding hydrogens is 259 g/mol. The van der Waals surface area contributed by atoms with Gasteiger partial charge in [-0.25, -0.2) is 0 Å². The van der Waals surface area contributed by atoms with Crippen molar-refractivity contribution in [3.63, 3.8) is 0 Å². The molecule has 0 N–H and O–H groups in total. The van der Waals surface area contributed by atoms with Crippen LogP contribution in [-0.2, 0) is 0 Å². The van der Waals surface area contributed by atoms with Gasteiger partial charge in [0.25, 0.3) is 0 Å². The third-order valence-corrected chi connectivity index (χ3v) is 10.5. The molecule has 1 saturated heterocycles. The Balaban J connectivity index is 1.81. The van der Waals surface area contributed by atoms with Gasteiger partial charge in [0.1, 0.15) is 0 Å². The second-order valence-corrected chi connectivity index (χ2v) is 9.57. The first kappa shape index (κ1) is 11.6. The molecule has 7 atom stereocenters. The summed E-state index contributed by atoms with van der Waals surface area (Å²) < 4.78 is 0. The zero-order valence-corrected chi connectivity index (χ0v) is 12.7. The zero-order chi connectivity index (χ0) is 11.3. The predicted octanol–water partition coefficient (Wildman–Crippen LogP) is 4.40. The topological polar surface area (TPSA) is 0 Å². The third-order valence-electron chi connectivity index (χ3n) is 5.84. The molecule has 2 aliphatic carbocycles. The molecule has 0 aromatic rings. The maximum absolute atomic E-state index is 2.56. The molecule has 0 nitrogen and oxygen atoms in total. The molecule has 0 radical (unpaired) electrons. The van der Waals surface area contributed by atoms with Gasteiger partial charge in [0.15, 0.2) is 0 Å². The number of fused-ring (bicyclic) bond motifs is 3. The maximum atomic E-state index is 2.56. The van der Waals surface area contributed by atoms with E-state index in [1.54, 1.807) is 12.8 Å². The third kappa shape index (κ3) is 1.70. The van der Waals surface area contributed by atoms with E-state index >= 15 is 0 Å². The van der Waals surface area contributed by atoms with Crippen molar-refractivity contribution < 1.29 is 0 Å². The van der Waals surface area contributed by atoms with Crippen LogP contribution in [0.5, 0.6) is 0 Å². The van der Waals surface area contributed by atoms with Crippen molar-refractivity contribution >= 4 is 15.0 Å². The van der Waals surface area contributed by atoms with Crippen LogP contribution >= 0.6 is 0 Å². The Kier molecular flexibility index (Phi) is 3.13. The quantitative estimate of drug-likeness (QED) is 0.579. The van der Waals surface area contributed by atoms with Crippen molar-refractivity contribution in [2.24, 2.45) is 29.6 Å². The molecular formula is C15H26Se. The predicted molar refractivity (Wildman–Crippen MR) is 70.8 cm³/mol. The molecule has 3 fully saturated rings. The Morgan fingerprint density at radius 2 is 1.50 bits per heavy atom. The summed E-state index contributed by atoms with van der Waals surface area (Å²) in [7, 11) is 0. The van der Waals surface area contributed by atoms with Crippen LogP contribution in [0.3, 0.4) is 0 Å². The summed E-state index contributed by atoms with van der Waals surface area (Å²) in [6, 6.07) is 0. The molecule has 1 aliphatic heterocycles. The van der Waals surface area contributed by atoms with E-state index in [2.05, 4.69) is 20.8 Å². The van der Waals surface area contributed by atoms with Crippen LogP contribution in [0.2, 0.25) is 9.63 Å². The minimum absolute atomic E-state index is 0.975. The van der Waals surface area contributed by atoms with Crippen molar-refractivity contribution in [3.8, 4) is 0 Å². The first-order valence-electron chi connectivity index (χ1n) is 7.34. The zero-order valence-electron chi connectivity index (χ0n) is 11.0. The van der Waals surface area contributed by atoms with Crippen LogP contribution in [0.25, 0.3) is 0 Å². The molecule has 0 bridgehead atoms. The summed E-state index contributed by atoms with van der Waals surface area (Å²) in [6.45, 7) is 7.61. The average molecular weight is 285 g/mol. The summed E-state index contributed by atoms with van der Waals surface area (Å²) in [5, 5.41) is 0. The molecule has 3 rings (SSSR count). The molecule has 92 valence electrons. The summed E-state index contributed by atoms with van der Waals surface area (Å²) in [6.07, 6.45) is 7.75. The molecule has 16 heavy (non-hydrogen) atoms. The average Bonchev–Trinajstić information content (AvgIpc) is 2.65. The Bertz CT molecular complexity index is 262. The number of hydrogen-bond donors (Lipinski definition) is 0. The van der Waals surface area contributed by atoms with E-state index in [1.165, 1.54) is 24.1 Å². The molecule has 0 aromatic heterocycles. The summed E-state index contributed by atoms with van der Waals surface area (Å²) in [5.74, 6) is 5.42. The van der Waals surface area contributed by atoms with Gasteiger partial charge in [-0.2, -0.15) is 0 Å². The van der Waals surface area contributed by atoms with E-state index < -0.39 is 0 Å². The molecule has 0 aromatic carbocycles. The van der Waals surface area contributed by atoms with Crippen molar-refractivity contribution in [2.45, 2.75) is 62.5 Å². The van der Waals surface area contributed by atoms with E-state index in [0.717, 1.165) is 49.4 Å². The van der Waals surface area contributed by atoms with Crippen molar-refractivity contribution in [1.29, 1.82) is 0 Å². The molecule has 0 amide bonds. The van der Waals surface area contributed by atoms with Gasteiger partial charge < -0.3 is 0 Å². The van der Waals surface area contributed by atoms with Crippen LogP contribution in [0.4, 0.5) is 0 Å². The molecule has 0 spiro atoms. The molecule has 1 heterocycles. The van der Waals surface area contributed by atoms with Gasteiger partial charge in [0.05, 0.1) is 0 Å². The Morgan fingerprint density at radius 1 is 0.750 bits per heavy atom. The van der Waals surface area contributed by atoms with Crippen LogP contribution in [0.1, 0.15) is 52.9 Å². The number of rotatable bonds is 0. The SMILES string of the molecule is CC1CCC2C3CCCC(C)C3[Se]C2C1C. The monoisotopic (exact) mass is 286 g/mol. The first-order chi connectivity index (χ1) is 7.68. The summed E-state index contributed by atoms with van der Waals surface area (Å²) in [4.78, 5) is 2.33. The standard InChI is InChI=1S/C15H26Se/c1-9-7-8-13-12-6-4-5-10(2)14(12)16-15(13)11(9)3/h9-15H,4-8H2,1-3H3. The van der Waals surface area contributed by atoms with E-state index in [4.69, 9.17) is 0 Å². The minimum atomic E-state index is 0.975. The molecule has 3 aliphatic rings. The van der Waals surface area contributed by atoms with Gasteiger partial charge in [-0.3, -0.25) is 0 Å². The Labute approximate surface area is 107 Å². The van der Waals surface area contributed by atoms with E-state index in [0.29, 0.717) is 0 Å². The molecule has 7 unspecified atom stereocenters. The fourth-order valence-electron chi connectivity index (χ4n) is 4.58. The van der Waals surface area contributed by atoms with Crippen LogP contribution in [-0.4, -0.2) is 15.0 Å². The normalized spacial score (nSPS) is 56.8. The second kappa shape index (κ2) is 4.32. The molecule has 1 heteroatoms. The van der Waals surface area contributed by atoms with E-state index in [-0.39, 0.29) is 0 Å². The summed E-state index contributed by atoms with van der Waals surface area (Å²) in [5.41, 5.74) is 0. The van der Waals surface area contributed by atoms with Crippen LogP contribution in [0.15, 0.2) is 0 Å². The van der Waals surface area contributed by atoms with Gasteiger partial charge in [0.2, 0.25) is 0 Å². The van der Waals surface area contributed by atoms with Crippen molar-refractivity contribution in [1.82, 2.24) is 0 Å².